The summed E-state index contributed by atoms with van der Waals surface area (Å²) in [4.78, 5) is 18.2. The topological polar surface area (TPSA) is 73.8 Å². The molecule has 0 radical (unpaired) electrons. The molecule has 0 spiro atoms. The van der Waals surface area contributed by atoms with E-state index in [2.05, 4.69) is 9.97 Å². The van der Waals surface area contributed by atoms with Gasteiger partial charge in [-0.25, -0.2) is 9.97 Å². The van der Waals surface area contributed by atoms with Gasteiger partial charge in [0.2, 0.25) is 5.82 Å². The third-order valence-corrected chi connectivity index (χ3v) is 1.93. The van der Waals surface area contributed by atoms with Crippen molar-refractivity contribution >= 4 is 5.69 Å². The Labute approximate surface area is 85.4 Å². The van der Waals surface area contributed by atoms with Crippen LogP contribution in [-0.4, -0.2) is 19.5 Å². The van der Waals surface area contributed by atoms with Crippen LogP contribution in [0.4, 0.5) is 5.69 Å². The van der Waals surface area contributed by atoms with Crippen LogP contribution in [0, 0.1) is 17.0 Å². The smallest absolute Gasteiger partial charge is 0.285 e. The van der Waals surface area contributed by atoms with Gasteiger partial charge in [0.25, 0.3) is 0 Å². The molecule has 0 saturated heterocycles. The Kier molecular flexibility index (Phi) is 2.17. The largest absolute Gasteiger partial charge is 0.312 e. The summed E-state index contributed by atoms with van der Waals surface area (Å²) in [6.07, 6.45) is 6.23. The van der Waals surface area contributed by atoms with Gasteiger partial charge in [0.05, 0.1) is 4.92 Å². The summed E-state index contributed by atoms with van der Waals surface area (Å²) >= 11 is 0. The SMILES string of the molecule is Cc1cnc(-n2ccnc2)c([N+](=O)[O-])c1. The molecule has 0 aliphatic rings. The van der Waals surface area contributed by atoms with Crippen LogP contribution in [-0.2, 0) is 0 Å². The van der Waals surface area contributed by atoms with Crippen LogP contribution in [0.1, 0.15) is 5.56 Å². The highest BCUT2D eigenvalue weighted by atomic mass is 16.6. The monoisotopic (exact) mass is 204 g/mol. The first-order valence-electron chi connectivity index (χ1n) is 4.28. The van der Waals surface area contributed by atoms with Crippen molar-refractivity contribution < 1.29 is 4.92 Å². The van der Waals surface area contributed by atoms with Gasteiger partial charge in [0.1, 0.15) is 6.33 Å². The van der Waals surface area contributed by atoms with Crippen LogP contribution in [0.2, 0.25) is 0 Å². The number of nitro groups is 1. The number of pyridine rings is 1. The molecule has 0 aliphatic heterocycles. The molecule has 2 heterocycles. The van der Waals surface area contributed by atoms with Crippen LogP contribution < -0.4 is 0 Å². The van der Waals surface area contributed by atoms with E-state index in [0.29, 0.717) is 0 Å². The summed E-state index contributed by atoms with van der Waals surface area (Å²) in [6.45, 7) is 1.76. The summed E-state index contributed by atoms with van der Waals surface area (Å²) in [7, 11) is 0. The van der Waals surface area contributed by atoms with E-state index in [1.54, 1.807) is 25.5 Å². The van der Waals surface area contributed by atoms with Gasteiger partial charge in [-0.2, -0.15) is 0 Å². The Morgan fingerprint density at radius 2 is 2.33 bits per heavy atom. The fourth-order valence-electron chi connectivity index (χ4n) is 1.26. The maximum absolute atomic E-state index is 10.8. The standard InChI is InChI=1S/C9H8N4O2/c1-7-4-8(13(14)15)9(11-5-7)12-3-2-10-6-12/h2-6H,1H3. The molecule has 0 bridgehead atoms. The zero-order chi connectivity index (χ0) is 10.8. The average molecular weight is 204 g/mol. The molecule has 0 N–H and O–H groups in total. The van der Waals surface area contributed by atoms with Crippen molar-refractivity contribution in [2.24, 2.45) is 0 Å². The number of aryl methyl sites for hydroxylation is 1. The highest BCUT2D eigenvalue weighted by Gasteiger charge is 2.16. The van der Waals surface area contributed by atoms with E-state index in [1.807, 2.05) is 0 Å². The highest BCUT2D eigenvalue weighted by Crippen LogP contribution is 2.20. The van der Waals surface area contributed by atoms with Crippen molar-refractivity contribution in [3.8, 4) is 5.82 Å². The molecule has 0 aromatic carbocycles. The molecule has 0 atom stereocenters. The third-order valence-electron chi connectivity index (χ3n) is 1.93. The molecule has 0 fully saturated rings. The molecule has 0 amide bonds. The highest BCUT2D eigenvalue weighted by molar-refractivity contribution is 5.48. The molecule has 2 aromatic heterocycles. The number of aromatic nitrogens is 3. The molecule has 76 valence electrons. The fourth-order valence-corrected chi connectivity index (χ4v) is 1.26. The normalized spacial score (nSPS) is 10.2. The van der Waals surface area contributed by atoms with E-state index in [0.717, 1.165) is 5.56 Å². The van der Waals surface area contributed by atoms with Crippen molar-refractivity contribution in [2.75, 3.05) is 0 Å². The fraction of sp³-hybridized carbons (Fsp3) is 0.111. The van der Waals surface area contributed by atoms with Crippen LogP contribution in [0.25, 0.3) is 5.82 Å². The Morgan fingerprint density at radius 1 is 1.53 bits per heavy atom. The van der Waals surface area contributed by atoms with Crippen molar-refractivity contribution in [3.05, 3.63) is 46.7 Å². The molecule has 0 aliphatic carbocycles. The first kappa shape index (κ1) is 9.32. The number of nitrogens with zero attached hydrogens (tertiary/aromatic N) is 4. The Balaban J connectivity index is 2.61. The second kappa shape index (κ2) is 3.49. The number of imidazole rings is 1. The second-order valence-electron chi connectivity index (χ2n) is 3.08. The molecule has 15 heavy (non-hydrogen) atoms. The van der Waals surface area contributed by atoms with Crippen LogP contribution in [0.15, 0.2) is 31.0 Å². The van der Waals surface area contributed by atoms with E-state index in [4.69, 9.17) is 0 Å². The van der Waals surface area contributed by atoms with Gasteiger partial charge in [0.15, 0.2) is 0 Å². The van der Waals surface area contributed by atoms with Gasteiger partial charge in [-0.15, -0.1) is 0 Å². The summed E-state index contributed by atoms with van der Waals surface area (Å²) in [5.41, 5.74) is 0.735. The zero-order valence-electron chi connectivity index (χ0n) is 7.99. The van der Waals surface area contributed by atoms with Crippen LogP contribution in [0.5, 0.6) is 0 Å². The molecule has 2 rings (SSSR count). The number of rotatable bonds is 2. The zero-order valence-corrected chi connectivity index (χ0v) is 7.99. The van der Waals surface area contributed by atoms with Crippen molar-refractivity contribution in [3.63, 3.8) is 0 Å². The van der Waals surface area contributed by atoms with Crippen LogP contribution >= 0.6 is 0 Å². The molecule has 6 nitrogen and oxygen atoms in total. The van der Waals surface area contributed by atoms with Crippen molar-refractivity contribution in [1.82, 2.24) is 14.5 Å². The minimum Gasteiger partial charge on any atom is -0.285 e. The molecule has 0 saturated carbocycles. The quantitative estimate of drug-likeness (QED) is 0.548. The summed E-state index contributed by atoms with van der Waals surface area (Å²) in [5, 5.41) is 10.8. The number of hydrogen-bond donors (Lipinski definition) is 0. The summed E-state index contributed by atoms with van der Waals surface area (Å²) < 4.78 is 1.51. The second-order valence-corrected chi connectivity index (χ2v) is 3.08. The van der Waals surface area contributed by atoms with Crippen LogP contribution in [0.3, 0.4) is 0 Å². The van der Waals surface area contributed by atoms with E-state index in [1.165, 1.54) is 17.0 Å². The molecule has 6 heteroatoms. The Morgan fingerprint density at radius 3 is 2.93 bits per heavy atom. The predicted octanol–water partition coefficient (Wildman–Crippen LogP) is 1.48. The molecule has 0 unspecified atom stereocenters. The maximum Gasteiger partial charge on any atom is 0.312 e. The first-order valence-corrected chi connectivity index (χ1v) is 4.28. The van der Waals surface area contributed by atoms with Gasteiger partial charge in [-0.3, -0.25) is 14.7 Å². The average Bonchev–Trinajstić information content (AvgIpc) is 2.70. The Hall–Kier alpha value is -2.24. The minimum atomic E-state index is -0.449. The van der Waals surface area contributed by atoms with Crippen molar-refractivity contribution in [2.45, 2.75) is 6.92 Å². The lowest BCUT2D eigenvalue weighted by Gasteiger charge is -2.02. The van der Waals surface area contributed by atoms with Gasteiger partial charge >= 0.3 is 5.69 Å². The van der Waals surface area contributed by atoms with E-state index < -0.39 is 4.92 Å². The Bertz CT molecular complexity index is 493. The summed E-state index contributed by atoms with van der Waals surface area (Å²) in [6, 6.07) is 1.49. The lowest BCUT2D eigenvalue weighted by molar-refractivity contribution is -0.384. The van der Waals surface area contributed by atoms with E-state index in [9.17, 15) is 10.1 Å². The number of hydrogen-bond acceptors (Lipinski definition) is 4. The maximum atomic E-state index is 10.8. The van der Waals surface area contributed by atoms with Gasteiger partial charge in [0, 0.05) is 24.7 Å². The van der Waals surface area contributed by atoms with Gasteiger partial charge < -0.3 is 0 Å². The third kappa shape index (κ3) is 1.69. The minimum absolute atomic E-state index is 0.0204. The van der Waals surface area contributed by atoms with Crippen molar-refractivity contribution in [1.29, 1.82) is 0 Å². The van der Waals surface area contributed by atoms with E-state index >= 15 is 0 Å². The first-order chi connectivity index (χ1) is 7.18. The summed E-state index contributed by atoms with van der Waals surface area (Å²) in [5.74, 6) is 0.281. The van der Waals surface area contributed by atoms with Gasteiger partial charge in [-0.05, 0) is 12.5 Å². The lowest BCUT2D eigenvalue weighted by Crippen LogP contribution is -2.01. The van der Waals surface area contributed by atoms with E-state index in [-0.39, 0.29) is 11.5 Å². The molecular formula is C9H8N4O2. The molecule has 2 aromatic rings. The predicted molar refractivity (Wildman–Crippen MR) is 52.8 cm³/mol. The van der Waals surface area contributed by atoms with Gasteiger partial charge in [-0.1, -0.05) is 0 Å². The lowest BCUT2D eigenvalue weighted by atomic mass is 10.3. The molecular weight excluding hydrogens is 196 g/mol.